The van der Waals surface area contributed by atoms with Crippen LogP contribution in [0.25, 0.3) is 10.9 Å². The molecule has 1 atom stereocenters. The second kappa shape index (κ2) is 12.9. The van der Waals surface area contributed by atoms with Crippen LogP contribution in [0.15, 0.2) is 54.9 Å². The Bertz CT molecular complexity index is 1670. The maximum absolute atomic E-state index is 13.0. The second-order valence-electron chi connectivity index (χ2n) is 13.4. The van der Waals surface area contributed by atoms with Gasteiger partial charge in [-0.3, -0.25) is 14.4 Å². The van der Waals surface area contributed by atoms with Gasteiger partial charge in [0.15, 0.2) is 0 Å². The number of aromatic nitrogens is 4. The van der Waals surface area contributed by atoms with Crippen LogP contribution >= 0.6 is 0 Å². The van der Waals surface area contributed by atoms with Crippen molar-refractivity contribution in [2.45, 2.75) is 90.9 Å². The van der Waals surface area contributed by atoms with Crippen LogP contribution in [-0.2, 0) is 33.5 Å². The van der Waals surface area contributed by atoms with Crippen molar-refractivity contribution in [1.29, 1.82) is 0 Å². The second-order valence-corrected chi connectivity index (χ2v) is 13.4. The molecule has 0 fully saturated rings. The third-order valence-corrected chi connectivity index (χ3v) is 7.52. The number of carbonyl (C=O) groups excluding carboxylic acids is 2. The van der Waals surface area contributed by atoms with Gasteiger partial charge in [-0.25, -0.2) is 14.8 Å². The Kier molecular flexibility index (Phi) is 9.13. The fourth-order valence-electron chi connectivity index (χ4n) is 5.57. The van der Waals surface area contributed by atoms with Crippen molar-refractivity contribution in [1.82, 2.24) is 19.7 Å². The van der Waals surface area contributed by atoms with E-state index >= 15 is 0 Å². The molecule has 4 heterocycles. The lowest BCUT2D eigenvalue weighted by atomic mass is 10.0. The maximum Gasteiger partial charge on any atom is 0.416 e. The molecule has 10 nitrogen and oxygen atoms in total. The van der Waals surface area contributed by atoms with E-state index in [4.69, 9.17) is 24.3 Å². The van der Waals surface area contributed by atoms with Gasteiger partial charge in [-0.15, -0.1) is 0 Å². The first kappa shape index (κ1) is 31.9. The number of methoxy groups -OCH3 is 1. The highest BCUT2D eigenvalue weighted by molar-refractivity contribution is 5.88. The molecule has 4 aromatic rings. The minimum Gasteiger partial charge on any atom is -0.481 e. The quantitative estimate of drug-likeness (QED) is 0.204. The number of hydrogen-bond acceptors (Lipinski definition) is 8. The minimum absolute atomic E-state index is 0.0967. The van der Waals surface area contributed by atoms with Gasteiger partial charge >= 0.3 is 12.1 Å². The van der Waals surface area contributed by atoms with Gasteiger partial charge in [0.05, 0.1) is 31.3 Å². The van der Waals surface area contributed by atoms with Crippen LogP contribution in [0.5, 0.6) is 5.88 Å². The predicted molar refractivity (Wildman–Crippen MR) is 173 cm³/mol. The lowest BCUT2D eigenvalue weighted by Crippen LogP contribution is -2.40. The summed E-state index contributed by atoms with van der Waals surface area (Å²) in [4.78, 5) is 36.9. The van der Waals surface area contributed by atoms with Crippen molar-refractivity contribution in [2.24, 2.45) is 0 Å². The zero-order chi connectivity index (χ0) is 32.4. The van der Waals surface area contributed by atoms with Crippen LogP contribution < -0.4 is 9.64 Å². The molecule has 0 N–H and O–H groups in total. The average molecular weight is 614 g/mol. The number of aryl methyl sites for hydroxylation is 3. The molecule has 0 radical (unpaired) electrons. The number of benzene rings is 1. The van der Waals surface area contributed by atoms with Gasteiger partial charge in [0.2, 0.25) is 5.88 Å². The molecule has 0 aliphatic carbocycles. The number of nitrogens with zero attached hydrogens (tertiary/aromatic N) is 5. The zero-order valence-corrected chi connectivity index (χ0v) is 27.3. The van der Waals surface area contributed by atoms with Gasteiger partial charge in [-0.2, -0.15) is 5.10 Å². The molecule has 1 amide bonds. The standard InChI is InChI=1S/C35H43N5O5/c1-34(2,3)44-31(41)20-29(25-15-18-30(43-7)36-21-25)40-28-12-8-10-23(27(28)22-37-40)13-16-26-17-14-24-11-9-19-39(32(24)38-26)33(42)45-35(4,5)6/h8,10,12,14-15,17-18,21-22,29H,9,11,13,16,19-20H2,1-7H3. The van der Waals surface area contributed by atoms with Crippen LogP contribution in [0.4, 0.5) is 10.6 Å². The topological polar surface area (TPSA) is 109 Å². The highest BCUT2D eigenvalue weighted by atomic mass is 16.6. The van der Waals surface area contributed by atoms with Crippen molar-refractivity contribution in [2.75, 3.05) is 18.6 Å². The highest BCUT2D eigenvalue weighted by Crippen LogP contribution is 2.31. The van der Waals surface area contributed by atoms with Crippen LogP contribution in [0, 0.1) is 0 Å². The highest BCUT2D eigenvalue weighted by Gasteiger charge is 2.29. The smallest absolute Gasteiger partial charge is 0.416 e. The Labute approximate surface area is 264 Å². The Morgan fingerprint density at radius 1 is 0.933 bits per heavy atom. The number of amides is 1. The molecule has 1 unspecified atom stereocenters. The monoisotopic (exact) mass is 613 g/mol. The van der Waals surface area contributed by atoms with E-state index in [9.17, 15) is 9.59 Å². The first-order chi connectivity index (χ1) is 21.3. The first-order valence-corrected chi connectivity index (χ1v) is 15.5. The summed E-state index contributed by atoms with van der Waals surface area (Å²) in [6.45, 7) is 11.8. The van der Waals surface area contributed by atoms with E-state index in [1.165, 1.54) is 0 Å². The Balaban J connectivity index is 1.40. The van der Waals surface area contributed by atoms with Crippen molar-refractivity contribution in [3.05, 3.63) is 77.2 Å². The minimum atomic E-state index is -0.603. The van der Waals surface area contributed by atoms with Gasteiger partial charge in [-0.1, -0.05) is 18.2 Å². The molecule has 1 aliphatic heterocycles. The molecule has 5 rings (SSSR count). The summed E-state index contributed by atoms with van der Waals surface area (Å²) in [5.74, 6) is 0.867. The third kappa shape index (κ3) is 7.79. The summed E-state index contributed by atoms with van der Waals surface area (Å²) >= 11 is 0. The number of carbonyl (C=O) groups is 2. The Hall–Kier alpha value is -4.47. The van der Waals surface area contributed by atoms with E-state index in [0.29, 0.717) is 24.7 Å². The number of ether oxygens (including phenoxy) is 3. The lowest BCUT2D eigenvalue weighted by Gasteiger charge is -2.31. The van der Waals surface area contributed by atoms with Crippen molar-refractivity contribution in [3.63, 3.8) is 0 Å². The molecule has 238 valence electrons. The van der Waals surface area contributed by atoms with E-state index < -0.39 is 17.2 Å². The number of rotatable bonds is 8. The van der Waals surface area contributed by atoms with Gasteiger partial charge in [0.25, 0.3) is 0 Å². The van der Waals surface area contributed by atoms with Gasteiger partial charge in [-0.05, 0) is 102 Å². The molecule has 3 aromatic heterocycles. The molecule has 10 heteroatoms. The summed E-state index contributed by atoms with van der Waals surface area (Å²) < 4.78 is 18.5. The molecule has 0 saturated carbocycles. The number of pyridine rings is 2. The van der Waals surface area contributed by atoms with E-state index in [-0.39, 0.29) is 18.5 Å². The van der Waals surface area contributed by atoms with Crippen molar-refractivity contribution < 1.29 is 23.8 Å². The van der Waals surface area contributed by atoms with Gasteiger partial charge < -0.3 is 14.2 Å². The number of esters is 1. The molecule has 45 heavy (non-hydrogen) atoms. The first-order valence-electron chi connectivity index (χ1n) is 15.5. The third-order valence-electron chi connectivity index (χ3n) is 7.52. The fourth-order valence-corrected chi connectivity index (χ4v) is 5.57. The Morgan fingerprint density at radius 3 is 2.40 bits per heavy atom. The molecule has 1 aromatic carbocycles. The van der Waals surface area contributed by atoms with E-state index in [1.54, 1.807) is 24.3 Å². The lowest BCUT2D eigenvalue weighted by molar-refractivity contribution is -0.155. The maximum atomic E-state index is 13.0. The average Bonchev–Trinajstić information content (AvgIpc) is 3.41. The summed E-state index contributed by atoms with van der Waals surface area (Å²) in [6, 6.07) is 13.5. The van der Waals surface area contributed by atoms with Gasteiger partial charge in [0, 0.05) is 29.9 Å². The SMILES string of the molecule is COc1ccc(C(CC(=O)OC(C)(C)C)n2ncc3c(CCc4ccc5c(n4)N(C(=O)OC(C)(C)C)CCC5)cccc32)cn1. The van der Waals surface area contributed by atoms with Crippen LogP contribution in [0.2, 0.25) is 0 Å². The molecular formula is C35H43N5O5. The van der Waals surface area contributed by atoms with Crippen LogP contribution in [0.3, 0.4) is 0 Å². The van der Waals surface area contributed by atoms with Crippen LogP contribution in [-0.4, -0.2) is 56.7 Å². The van der Waals surface area contributed by atoms with Crippen LogP contribution in [0.1, 0.15) is 82.8 Å². The van der Waals surface area contributed by atoms with Crippen molar-refractivity contribution >= 4 is 28.8 Å². The summed E-state index contributed by atoms with van der Waals surface area (Å²) in [7, 11) is 1.57. The largest absolute Gasteiger partial charge is 0.481 e. The molecule has 0 bridgehead atoms. The van der Waals surface area contributed by atoms with Gasteiger partial charge in [0.1, 0.15) is 17.0 Å². The normalized spacial score (nSPS) is 14.2. The Morgan fingerprint density at radius 2 is 1.71 bits per heavy atom. The van der Waals surface area contributed by atoms with Crippen molar-refractivity contribution in [3.8, 4) is 5.88 Å². The molecule has 0 saturated heterocycles. The fraction of sp³-hybridized carbons (Fsp3) is 0.457. The number of hydrogen-bond donors (Lipinski definition) is 0. The van der Waals surface area contributed by atoms with E-state index in [2.05, 4.69) is 23.2 Å². The van der Waals surface area contributed by atoms with E-state index in [1.807, 2.05) is 70.6 Å². The number of anilines is 1. The molecular weight excluding hydrogens is 570 g/mol. The number of fused-ring (bicyclic) bond motifs is 2. The van der Waals surface area contributed by atoms with E-state index in [0.717, 1.165) is 52.5 Å². The predicted octanol–water partition coefficient (Wildman–Crippen LogP) is 6.63. The molecule has 0 spiro atoms. The summed E-state index contributed by atoms with van der Waals surface area (Å²) in [5, 5.41) is 5.77. The summed E-state index contributed by atoms with van der Waals surface area (Å²) in [5.41, 5.74) is 3.63. The molecule has 1 aliphatic rings. The zero-order valence-electron chi connectivity index (χ0n) is 27.3. The summed E-state index contributed by atoms with van der Waals surface area (Å²) in [6.07, 6.45) is 6.47.